The summed E-state index contributed by atoms with van der Waals surface area (Å²) in [5.74, 6) is 1.62. The van der Waals surface area contributed by atoms with Gasteiger partial charge in [-0.25, -0.2) is 14.4 Å². The fourth-order valence-electron chi connectivity index (χ4n) is 6.02. The molecule has 3 aliphatic rings. The first kappa shape index (κ1) is 25.7. The first-order valence-corrected chi connectivity index (χ1v) is 13.7. The van der Waals surface area contributed by atoms with E-state index in [0.29, 0.717) is 31.7 Å². The van der Waals surface area contributed by atoms with Gasteiger partial charge in [-0.05, 0) is 55.2 Å². The molecule has 2 N–H and O–H groups in total. The van der Waals surface area contributed by atoms with Crippen LogP contribution >= 0.6 is 0 Å². The summed E-state index contributed by atoms with van der Waals surface area (Å²) in [5, 5.41) is 0. The van der Waals surface area contributed by atoms with Crippen LogP contribution in [0.15, 0.2) is 54.9 Å². The van der Waals surface area contributed by atoms with E-state index >= 15 is 4.39 Å². The molecule has 2 saturated carbocycles. The van der Waals surface area contributed by atoms with Gasteiger partial charge in [0.2, 0.25) is 0 Å². The van der Waals surface area contributed by atoms with Crippen LogP contribution in [0.2, 0.25) is 0 Å². The van der Waals surface area contributed by atoms with Gasteiger partial charge in [0.1, 0.15) is 41.5 Å². The fraction of sp³-hybridized carbons (Fsp3) is 0.452. The quantitative estimate of drug-likeness (QED) is 0.432. The predicted molar refractivity (Wildman–Crippen MR) is 147 cm³/mol. The van der Waals surface area contributed by atoms with Crippen LogP contribution in [0.25, 0.3) is 0 Å². The molecule has 39 heavy (non-hydrogen) atoms. The van der Waals surface area contributed by atoms with Gasteiger partial charge in [-0.3, -0.25) is 4.79 Å². The van der Waals surface area contributed by atoms with Crippen molar-refractivity contribution in [1.82, 2.24) is 9.97 Å². The van der Waals surface area contributed by atoms with Gasteiger partial charge in [-0.2, -0.15) is 0 Å². The van der Waals surface area contributed by atoms with E-state index in [-0.39, 0.29) is 40.3 Å². The number of ketones is 1. The highest BCUT2D eigenvalue weighted by Crippen LogP contribution is 2.47. The summed E-state index contributed by atoms with van der Waals surface area (Å²) in [6.45, 7) is 7.47. The summed E-state index contributed by atoms with van der Waals surface area (Å²) in [6.07, 6.45) is 4.01. The van der Waals surface area contributed by atoms with Gasteiger partial charge in [-0.15, -0.1) is 0 Å². The Morgan fingerprint density at radius 3 is 2.15 bits per heavy atom. The van der Waals surface area contributed by atoms with E-state index in [0.717, 1.165) is 24.2 Å². The monoisotopic (exact) mass is 530 g/mol. The smallest absolute Gasteiger partial charge is 0.190 e. The predicted octanol–water partition coefficient (Wildman–Crippen LogP) is 5.12. The van der Waals surface area contributed by atoms with Crippen molar-refractivity contribution in [1.29, 1.82) is 0 Å². The molecule has 1 atom stereocenters. The molecule has 3 aromatic rings. The van der Waals surface area contributed by atoms with Crippen molar-refractivity contribution < 1.29 is 18.7 Å². The van der Waals surface area contributed by atoms with Crippen molar-refractivity contribution in [3.8, 4) is 11.5 Å². The maximum Gasteiger partial charge on any atom is 0.190 e. The summed E-state index contributed by atoms with van der Waals surface area (Å²) in [4.78, 5) is 21.7. The Hall–Kier alpha value is -3.52. The lowest BCUT2D eigenvalue weighted by molar-refractivity contribution is -0.134. The number of hydrogen-bond donors (Lipinski definition) is 1. The number of carbonyl (C=O) groups excluding carboxylic acids is 1. The molecule has 2 aliphatic carbocycles. The van der Waals surface area contributed by atoms with Crippen molar-refractivity contribution in [3.05, 3.63) is 77.5 Å². The zero-order valence-corrected chi connectivity index (χ0v) is 22.7. The number of nitrogens with two attached hydrogens (primary N) is 1. The molecule has 6 rings (SSSR count). The van der Waals surface area contributed by atoms with E-state index in [1.807, 2.05) is 41.3 Å². The molecule has 2 aromatic carbocycles. The molecule has 2 heterocycles. The summed E-state index contributed by atoms with van der Waals surface area (Å²) < 4.78 is 27.4. The van der Waals surface area contributed by atoms with Crippen LogP contribution in [0.3, 0.4) is 0 Å². The largest absolute Gasteiger partial charge is 0.490 e. The zero-order chi connectivity index (χ0) is 27.4. The number of benzene rings is 2. The maximum atomic E-state index is 15.4. The van der Waals surface area contributed by atoms with Crippen LogP contribution in [-0.2, 0) is 10.2 Å². The first-order chi connectivity index (χ1) is 18.6. The van der Waals surface area contributed by atoms with E-state index in [4.69, 9.17) is 15.2 Å². The number of rotatable bonds is 8. The molecule has 1 saturated heterocycles. The van der Waals surface area contributed by atoms with Crippen LogP contribution in [-0.4, -0.2) is 41.0 Å². The molecule has 0 amide bonds. The Morgan fingerprint density at radius 2 is 1.59 bits per heavy atom. The molecule has 204 valence electrons. The molecule has 0 unspecified atom stereocenters. The minimum Gasteiger partial charge on any atom is -0.490 e. The fourth-order valence-corrected chi connectivity index (χ4v) is 6.02. The number of ether oxygens (including phenoxy) is 2. The number of hydrogen-bond acceptors (Lipinski definition) is 7. The number of halogens is 1. The molecule has 1 aliphatic heterocycles. The average molecular weight is 531 g/mol. The lowest BCUT2D eigenvalue weighted by atomic mass is 9.63. The second-order valence-corrected chi connectivity index (χ2v) is 12.0. The number of nitrogens with zero attached hydrogens (tertiary/aromatic N) is 3. The van der Waals surface area contributed by atoms with Crippen LogP contribution < -0.4 is 20.1 Å². The Kier molecular flexibility index (Phi) is 6.33. The van der Waals surface area contributed by atoms with Crippen molar-refractivity contribution in [2.24, 2.45) is 11.1 Å². The molecule has 1 spiro atoms. The number of aromatic nitrogens is 2. The van der Waals surface area contributed by atoms with Crippen LogP contribution in [0.1, 0.15) is 69.4 Å². The second kappa shape index (κ2) is 9.59. The minimum atomic E-state index is -0.594. The molecule has 7 nitrogen and oxygen atoms in total. The highest BCUT2D eigenvalue weighted by molar-refractivity contribution is 5.87. The van der Waals surface area contributed by atoms with Crippen molar-refractivity contribution >= 4 is 11.6 Å². The lowest BCUT2D eigenvalue weighted by Gasteiger charge is -2.55. The molecule has 3 fully saturated rings. The number of Topliss-reactive ketones (excluding diaryl/α,β-unsaturated/α-hetero) is 1. The normalized spacial score (nSPS) is 22.5. The first-order valence-electron chi connectivity index (χ1n) is 13.7. The highest BCUT2D eigenvalue weighted by atomic mass is 19.1. The van der Waals surface area contributed by atoms with Crippen LogP contribution in [0.5, 0.6) is 11.5 Å². The standard InChI is InChI=1S/C31H35FN4O3/c1-19(28-27(32)29(35-18-34-28)36-16-31(17-36)14-23(37)15-31)38-24-8-4-20(5-9-24)30(2,3)21-6-10-25(11-7-21)39-26-12-22(33)13-26/h4-11,18-19,22,26H,12-17,33H2,1-3H3/t19-,22?,26?/m1/s1. The van der Waals surface area contributed by atoms with E-state index in [1.165, 1.54) is 11.9 Å². The second-order valence-electron chi connectivity index (χ2n) is 12.0. The molecule has 0 bridgehead atoms. The van der Waals surface area contributed by atoms with Crippen LogP contribution in [0.4, 0.5) is 10.2 Å². The molecule has 1 aromatic heterocycles. The van der Waals surface area contributed by atoms with Crippen molar-refractivity contribution in [2.45, 2.75) is 70.1 Å². The van der Waals surface area contributed by atoms with E-state index < -0.39 is 11.9 Å². The maximum absolute atomic E-state index is 15.4. The molecule has 8 heteroatoms. The van der Waals surface area contributed by atoms with Gasteiger partial charge in [0.25, 0.3) is 0 Å². The van der Waals surface area contributed by atoms with E-state index in [9.17, 15) is 4.79 Å². The highest BCUT2D eigenvalue weighted by Gasteiger charge is 2.53. The Labute approximate surface area is 228 Å². The third kappa shape index (κ3) is 4.86. The Balaban J connectivity index is 1.09. The summed E-state index contributed by atoms with van der Waals surface area (Å²) in [5.41, 5.74) is 8.19. The van der Waals surface area contributed by atoms with E-state index in [2.05, 4.69) is 35.9 Å². The minimum absolute atomic E-state index is 0.0206. The Bertz CT molecular complexity index is 1350. The van der Waals surface area contributed by atoms with Crippen molar-refractivity contribution in [3.63, 3.8) is 0 Å². The number of anilines is 1. The van der Waals surface area contributed by atoms with Gasteiger partial charge in [0.05, 0.1) is 0 Å². The topological polar surface area (TPSA) is 90.6 Å². The SMILES string of the molecule is C[C@@H](Oc1ccc(C(C)(C)c2ccc(OC3CC(N)C3)cc2)cc1)c1ncnc(N2CC3(CC(=O)C3)C2)c1F. The number of carbonyl (C=O) groups is 1. The van der Waals surface area contributed by atoms with Crippen LogP contribution in [0, 0.1) is 11.2 Å². The van der Waals surface area contributed by atoms with Crippen molar-refractivity contribution in [2.75, 3.05) is 18.0 Å². The van der Waals surface area contributed by atoms with Gasteiger partial charge in [0, 0.05) is 42.8 Å². The van der Waals surface area contributed by atoms with Gasteiger partial charge in [0.15, 0.2) is 11.6 Å². The summed E-state index contributed by atoms with van der Waals surface area (Å²) in [7, 11) is 0. The summed E-state index contributed by atoms with van der Waals surface area (Å²) in [6, 6.07) is 16.5. The molecule has 0 radical (unpaired) electrons. The molecular weight excluding hydrogens is 495 g/mol. The average Bonchev–Trinajstić information content (AvgIpc) is 2.85. The summed E-state index contributed by atoms with van der Waals surface area (Å²) >= 11 is 0. The third-order valence-electron chi connectivity index (χ3n) is 8.58. The third-order valence-corrected chi connectivity index (χ3v) is 8.58. The van der Waals surface area contributed by atoms with Gasteiger partial charge >= 0.3 is 0 Å². The van der Waals surface area contributed by atoms with E-state index in [1.54, 1.807) is 6.92 Å². The van der Waals surface area contributed by atoms with Gasteiger partial charge < -0.3 is 20.1 Å². The lowest BCUT2D eigenvalue weighted by Crippen LogP contribution is -2.63. The Morgan fingerprint density at radius 1 is 1.00 bits per heavy atom. The van der Waals surface area contributed by atoms with Gasteiger partial charge in [-0.1, -0.05) is 38.1 Å². The zero-order valence-electron chi connectivity index (χ0n) is 22.7. The molecular formula is C31H35FN4O3.